The highest BCUT2D eigenvalue weighted by molar-refractivity contribution is 5.97. The van der Waals surface area contributed by atoms with Gasteiger partial charge in [-0.2, -0.15) is 5.10 Å². The summed E-state index contributed by atoms with van der Waals surface area (Å²) in [6.45, 7) is 2.99. The van der Waals surface area contributed by atoms with Crippen LogP contribution in [0.3, 0.4) is 0 Å². The van der Waals surface area contributed by atoms with Crippen molar-refractivity contribution in [3.63, 3.8) is 0 Å². The number of aromatic nitrogens is 2. The minimum atomic E-state index is -0.00171. The number of hydrogen-bond acceptors (Lipinski definition) is 3. The summed E-state index contributed by atoms with van der Waals surface area (Å²) in [5.41, 5.74) is 6.60. The van der Waals surface area contributed by atoms with Crippen molar-refractivity contribution >= 4 is 11.6 Å². The number of anilines is 1. The number of nitrogen functional groups attached to an aromatic ring is 1. The zero-order chi connectivity index (χ0) is 12.3. The van der Waals surface area contributed by atoms with Crippen molar-refractivity contribution in [3.05, 3.63) is 11.9 Å². The van der Waals surface area contributed by atoms with Gasteiger partial charge in [0.2, 0.25) is 0 Å². The van der Waals surface area contributed by atoms with E-state index in [4.69, 9.17) is 5.73 Å². The molecule has 3 N–H and O–H groups in total. The maximum absolute atomic E-state index is 12.3. The standard InChI is InChI=1S/C12H20N4O/c1-2-5-9-6-3-4-7-16(9)12(17)11-10(13)8-14-15-11/h8-9H,2-7,13H2,1H3,(H,14,15). The fourth-order valence-electron chi connectivity index (χ4n) is 2.51. The van der Waals surface area contributed by atoms with Crippen LogP contribution in [0.2, 0.25) is 0 Å². The quantitative estimate of drug-likeness (QED) is 0.840. The van der Waals surface area contributed by atoms with E-state index < -0.39 is 0 Å². The first-order valence-electron chi connectivity index (χ1n) is 6.33. The topological polar surface area (TPSA) is 75.0 Å². The molecule has 0 radical (unpaired) electrons. The molecule has 1 fully saturated rings. The van der Waals surface area contributed by atoms with Crippen LogP contribution in [0.25, 0.3) is 0 Å². The van der Waals surface area contributed by atoms with Crippen LogP contribution in [0, 0.1) is 0 Å². The Labute approximate surface area is 101 Å². The highest BCUT2D eigenvalue weighted by atomic mass is 16.2. The second kappa shape index (κ2) is 5.21. The predicted molar refractivity (Wildman–Crippen MR) is 66.6 cm³/mol. The summed E-state index contributed by atoms with van der Waals surface area (Å²) in [4.78, 5) is 14.3. The third-order valence-corrected chi connectivity index (χ3v) is 3.39. The van der Waals surface area contributed by atoms with Crippen LogP contribution >= 0.6 is 0 Å². The van der Waals surface area contributed by atoms with Crippen molar-refractivity contribution in [2.24, 2.45) is 0 Å². The molecule has 2 rings (SSSR count). The van der Waals surface area contributed by atoms with Crippen LogP contribution < -0.4 is 5.73 Å². The Bertz CT molecular complexity index is 386. The molecule has 1 amide bonds. The largest absolute Gasteiger partial charge is 0.396 e. The number of nitrogens with zero attached hydrogens (tertiary/aromatic N) is 2. The number of nitrogens with two attached hydrogens (primary N) is 1. The molecule has 5 heteroatoms. The number of carbonyl (C=O) groups excluding carboxylic acids is 1. The molecule has 1 atom stereocenters. The third-order valence-electron chi connectivity index (χ3n) is 3.39. The van der Waals surface area contributed by atoms with E-state index in [0.717, 1.165) is 32.2 Å². The molecule has 0 aromatic carbocycles. The van der Waals surface area contributed by atoms with Crippen molar-refractivity contribution in [1.29, 1.82) is 0 Å². The van der Waals surface area contributed by atoms with Crippen molar-refractivity contribution in [1.82, 2.24) is 15.1 Å². The summed E-state index contributed by atoms with van der Waals surface area (Å²) >= 11 is 0. The molecule has 1 aliphatic rings. The molecule has 94 valence electrons. The molecular weight excluding hydrogens is 216 g/mol. The lowest BCUT2D eigenvalue weighted by atomic mass is 9.98. The minimum Gasteiger partial charge on any atom is -0.396 e. The van der Waals surface area contributed by atoms with E-state index in [9.17, 15) is 4.79 Å². The van der Waals surface area contributed by atoms with E-state index in [1.807, 2.05) is 4.90 Å². The fraction of sp³-hybridized carbons (Fsp3) is 0.667. The lowest BCUT2D eigenvalue weighted by Crippen LogP contribution is -2.44. The smallest absolute Gasteiger partial charge is 0.274 e. The van der Waals surface area contributed by atoms with Gasteiger partial charge in [-0.3, -0.25) is 9.89 Å². The second-order valence-corrected chi connectivity index (χ2v) is 4.64. The number of nitrogens with one attached hydrogen (secondary N) is 1. The first-order valence-corrected chi connectivity index (χ1v) is 6.33. The Balaban J connectivity index is 2.14. The van der Waals surface area contributed by atoms with E-state index in [1.165, 1.54) is 12.6 Å². The molecule has 0 aliphatic carbocycles. The molecule has 1 saturated heterocycles. The number of rotatable bonds is 3. The summed E-state index contributed by atoms with van der Waals surface area (Å²) in [5, 5.41) is 6.51. The molecule has 17 heavy (non-hydrogen) atoms. The third kappa shape index (κ3) is 2.43. The van der Waals surface area contributed by atoms with Gasteiger partial charge in [0.25, 0.3) is 5.91 Å². The van der Waals surface area contributed by atoms with Gasteiger partial charge in [-0.05, 0) is 25.7 Å². The van der Waals surface area contributed by atoms with Crippen LogP contribution in [0.5, 0.6) is 0 Å². The Morgan fingerprint density at radius 2 is 2.47 bits per heavy atom. The maximum atomic E-state index is 12.3. The van der Waals surface area contributed by atoms with E-state index >= 15 is 0 Å². The first kappa shape index (κ1) is 12.0. The second-order valence-electron chi connectivity index (χ2n) is 4.64. The van der Waals surface area contributed by atoms with Crippen LogP contribution in [0.15, 0.2) is 6.20 Å². The molecule has 0 bridgehead atoms. The maximum Gasteiger partial charge on any atom is 0.274 e. The number of amides is 1. The van der Waals surface area contributed by atoms with E-state index in [-0.39, 0.29) is 5.91 Å². The number of hydrogen-bond donors (Lipinski definition) is 2. The zero-order valence-corrected chi connectivity index (χ0v) is 10.3. The van der Waals surface area contributed by atoms with Gasteiger partial charge in [-0.25, -0.2) is 0 Å². The van der Waals surface area contributed by atoms with Gasteiger partial charge < -0.3 is 10.6 Å². The Hall–Kier alpha value is -1.52. The number of carbonyl (C=O) groups is 1. The molecular formula is C12H20N4O. The zero-order valence-electron chi connectivity index (χ0n) is 10.3. The molecule has 0 saturated carbocycles. The Morgan fingerprint density at radius 3 is 3.12 bits per heavy atom. The Morgan fingerprint density at radius 1 is 1.65 bits per heavy atom. The average Bonchev–Trinajstić information content (AvgIpc) is 2.76. The van der Waals surface area contributed by atoms with Gasteiger partial charge in [-0.15, -0.1) is 0 Å². The van der Waals surface area contributed by atoms with Crippen molar-refractivity contribution in [3.8, 4) is 0 Å². The monoisotopic (exact) mass is 236 g/mol. The van der Waals surface area contributed by atoms with Crippen molar-refractivity contribution < 1.29 is 4.79 Å². The van der Waals surface area contributed by atoms with Gasteiger partial charge in [0.05, 0.1) is 11.9 Å². The van der Waals surface area contributed by atoms with Crippen LogP contribution in [0.4, 0.5) is 5.69 Å². The lowest BCUT2D eigenvalue weighted by molar-refractivity contribution is 0.0595. The van der Waals surface area contributed by atoms with E-state index in [1.54, 1.807) is 0 Å². The summed E-state index contributed by atoms with van der Waals surface area (Å²) in [6.07, 6.45) is 7.07. The van der Waals surface area contributed by atoms with Crippen LogP contribution in [0.1, 0.15) is 49.5 Å². The van der Waals surface area contributed by atoms with Gasteiger partial charge in [-0.1, -0.05) is 13.3 Å². The van der Waals surface area contributed by atoms with Gasteiger partial charge in [0.1, 0.15) is 5.69 Å². The number of aromatic amines is 1. The Kier molecular flexibility index (Phi) is 3.66. The number of H-pyrrole nitrogens is 1. The summed E-state index contributed by atoms with van der Waals surface area (Å²) in [5.74, 6) is -0.00171. The molecule has 1 aromatic rings. The van der Waals surface area contributed by atoms with E-state index in [2.05, 4.69) is 17.1 Å². The molecule has 1 unspecified atom stereocenters. The molecule has 1 aliphatic heterocycles. The normalized spacial score (nSPS) is 20.5. The van der Waals surface area contributed by atoms with E-state index in [0.29, 0.717) is 17.4 Å². The highest BCUT2D eigenvalue weighted by Gasteiger charge is 2.28. The van der Waals surface area contributed by atoms with Gasteiger partial charge in [0.15, 0.2) is 0 Å². The lowest BCUT2D eigenvalue weighted by Gasteiger charge is -2.35. The molecule has 0 spiro atoms. The fourth-order valence-corrected chi connectivity index (χ4v) is 2.51. The molecule has 2 heterocycles. The molecule has 1 aromatic heterocycles. The first-order chi connectivity index (χ1) is 8.24. The number of piperidine rings is 1. The summed E-state index contributed by atoms with van der Waals surface area (Å²) in [7, 11) is 0. The van der Waals surface area contributed by atoms with Crippen LogP contribution in [-0.2, 0) is 0 Å². The predicted octanol–water partition coefficient (Wildman–Crippen LogP) is 1.79. The SMILES string of the molecule is CCCC1CCCCN1C(=O)c1[nH]ncc1N. The summed E-state index contributed by atoms with van der Waals surface area (Å²) in [6, 6.07) is 0.365. The molecule has 5 nitrogen and oxygen atoms in total. The van der Waals surface area contributed by atoms with Gasteiger partial charge in [0, 0.05) is 12.6 Å². The average molecular weight is 236 g/mol. The number of likely N-dealkylation sites (tertiary alicyclic amines) is 1. The highest BCUT2D eigenvalue weighted by Crippen LogP contribution is 2.23. The van der Waals surface area contributed by atoms with Crippen molar-refractivity contribution in [2.45, 2.75) is 45.1 Å². The van der Waals surface area contributed by atoms with Gasteiger partial charge >= 0.3 is 0 Å². The van der Waals surface area contributed by atoms with Crippen molar-refractivity contribution in [2.75, 3.05) is 12.3 Å². The van der Waals surface area contributed by atoms with Crippen LogP contribution in [-0.4, -0.2) is 33.6 Å². The summed E-state index contributed by atoms with van der Waals surface area (Å²) < 4.78 is 0. The minimum absolute atomic E-state index is 0.00171.